The Morgan fingerprint density at radius 2 is 1.86 bits per heavy atom. The number of aryl methyl sites for hydroxylation is 3. The number of aromatic nitrogens is 5. The van der Waals surface area contributed by atoms with Crippen LogP contribution >= 0.6 is 0 Å². The number of rotatable bonds is 5. The molecule has 0 radical (unpaired) electrons. The molecular formula is C17H19N7O4. The van der Waals surface area contributed by atoms with E-state index in [1.54, 1.807) is 38.0 Å². The number of anilines is 2. The first-order valence-electron chi connectivity index (χ1n) is 8.21. The van der Waals surface area contributed by atoms with Crippen LogP contribution in [0.1, 0.15) is 37.4 Å². The Morgan fingerprint density at radius 1 is 1.11 bits per heavy atom. The van der Waals surface area contributed by atoms with Crippen molar-refractivity contribution in [2.45, 2.75) is 6.92 Å². The number of imidazole rings is 2. The molecule has 2 amide bonds. The Balaban J connectivity index is 1.73. The third-order valence-electron chi connectivity index (χ3n) is 3.90. The molecule has 3 heterocycles. The fourth-order valence-corrected chi connectivity index (χ4v) is 2.56. The number of esters is 1. The number of aromatic amines is 1. The lowest BCUT2D eigenvalue weighted by Gasteiger charge is -2.02. The largest absolute Gasteiger partial charge is 0.463 e. The van der Waals surface area contributed by atoms with Gasteiger partial charge in [-0.1, -0.05) is 0 Å². The molecule has 0 saturated carbocycles. The molecule has 0 unspecified atom stereocenters. The minimum absolute atomic E-state index is 0.0615. The zero-order valence-electron chi connectivity index (χ0n) is 15.7. The van der Waals surface area contributed by atoms with Gasteiger partial charge in [0.25, 0.3) is 11.8 Å². The Morgan fingerprint density at radius 3 is 2.50 bits per heavy atom. The summed E-state index contributed by atoms with van der Waals surface area (Å²) < 4.78 is 7.64. The van der Waals surface area contributed by atoms with E-state index in [2.05, 4.69) is 30.3 Å². The van der Waals surface area contributed by atoms with Crippen molar-refractivity contribution in [2.75, 3.05) is 17.7 Å². The molecule has 28 heavy (non-hydrogen) atoms. The summed E-state index contributed by atoms with van der Waals surface area (Å²) >= 11 is 0. The van der Waals surface area contributed by atoms with Gasteiger partial charge in [0.1, 0.15) is 5.69 Å². The highest BCUT2D eigenvalue weighted by Gasteiger charge is 2.19. The van der Waals surface area contributed by atoms with Gasteiger partial charge < -0.3 is 29.5 Å². The Labute approximate surface area is 159 Å². The molecule has 0 spiro atoms. The topological polar surface area (TPSA) is 136 Å². The van der Waals surface area contributed by atoms with Crippen molar-refractivity contribution in [1.82, 2.24) is 24.1 Å². The van der Waals surface area contributed by atoms with Crippen molar-refractivity contribution in [3.05, 3.63) is 47.7 Å². The summed E-state index contributed by atoms with van der Waals surface area (Å²) in [4.78, 5) is 47.2. The number of carbonyl (C=O) groups excluding carboxylic acids is 3. The monoisotopic (exact) mass is 385 g/mol. The molecule has 3 N–H and O–H groups in total. The molecule has 0 aliphatic rings. The smallest absolute Gasteiger partial charge is 0.374 e. The van der Waals surface area contributed by atoms with Gasteiger partial charge >= 0.3 is 5.97 Å². The molecule has 146 valence electrons. The Hall–Kier alpha value is -3.89. The van der Waals surface area contributed by atoms with E-state index in [0.29, 0.717) is 5.69 Å². The van der Waals surface area contributed by atoms with E-state index in [-0.39, 0.29) is 23.2 Å². The van der Waals surface area contributed by atoms with Gasteiger partial charge in [-0.05, 0) is 13.0 Å². The average molecular weight is 385 g/mol. The molecule has 0 bridgehead atoms. The lowest BCUT2D eigenvalue weighted by atomic mass is 10.3. The minimum atomic E-state index is -0.611. The second-order valence-corrected chi connectivity index (χ2v) is 6.10. The fourth-order valence-electron chi connectivity index (χ4n) is 2.56. The predicted molar refractivity (Wildman–Crippen MR) is 99.2 cm³/mol. The molecule has 0 saturated heterocycles. The van der Waals surface area contributed by atoms with Gasteiger partial charge in [-0.3, -0.25) is 9.59 Å². The zero-order chi connectivity index (χ0) is 20.4. The fraction of sp³-hybridized carbons (Fsp3) is 0.235. The average Bonchev–Trinajstić information content (AvgIpc) is 3.33. The lowest BCUT2D eigenvalue weighted by molar-refractivity contribution is 0.0582. The quantitative estimate of drug-likeness (QED) is 0.562. The third kappa shape index (κ3) is 3.77. The number of nitrogens with one attached hydrogen (secondary N) is 3. The highest BCUT2D eigenvalue weighted by Crippen LogP contribution is 2.16. The summed E-state index contributed by atoms with van der Waals surface area (Å²) in [6.07, 6.45) is 4.64. The summed E-state index contributed by atoms with van der Waals surface area (Å²) in [6.45, 7) is 1.79. The number of carbonyl (C=O) groups is 3. The van der Waals surface area contributed by atoms with Gasteiger partial charge in [-0.25, -0.2) is 14.8 Å². The van der Waals surface area contributed by atoms with Gasteiger partial charge in [-0.2, -0.15) is 0 Å². The van der Waals surface area contributed by atoms with Crippen LogP contribution in [0.4, 0.5) is 11.5 Å². The number of amides is 2. The van der Waals surface area contributed by atoms with Crippen LogP contribution in [0.5, 0.6) is 0 Å². The molecule has 0 aliphatic heterocycles. The number of H-pyrrole nitrogens is 1. The standard InChI is InChI=1S/C17H19N7O4/c1-9-6-18-13(19-9)16(26)20-10-5-11(23(2)7-10)15(25)22-12-8-24(3)14(21-12)17(27)28-4/h5-8H,1-4H3,(H,18,19)(H,20,26)(H,22,25). The summed E-state index contributed by atoms with van der Waals surface area (Å²) in [5.41, 5.74) is 1.49. The van der Waals surface area contributed by atoms with Crippen LogP contribution in [0.2, 0.25) is 0 Å². The maximum absolute atomic E-state index is 12.5. The van der Waals surface area contributed by atoms with E-state index in [1.807, 2.05) is 0 Å². The molecular weight excluding hydrogens is 366 g/mol. The Kier molecular flexibility index (Phi) is 4.98. The van der Waals surface area contributed by atoms with Crippen LogP contribution < -0.4 is 10.6 Å². The van der Waals surface area contributed by atoms with E-state index in [1.165, 1.54) is 23.9 Å². The summed E-state index contributed by atoms with van der Waals surface area (Å²) in [6, 6.07) is 1.52. The Bertz CT molecular complexity index is 1060. The highest BCUT2D eigenvalue weighted by atomic mass is 16.5. The summed E-state index contributed by atoms with van der Waals surface area (Å²) in [5.74, 6) is -1.04. The van der Waals surface area contributed by atoms with Crippen molar-refractivity contribution < 1.29 is 19.1 Å². The normalized spacial score (nSPS) is 10.6. The molecule has 3 aromatic rings. The second-order valence-electron chi connectivity index (χ2n) is 6.10. The van der Waals surface area contributed by atoms with Gasteiger partial charge in [0, 0.05) is 38.4 Å². The van der Waals surface area contributed by atoms with E-state index < -0.39 is 17.8 Å². The molecule has 3 aromatic heterocycles. The molecule has 11 nitrogen and oxygen atoms in total. The first-order valence-corrected chi connectivity index (χ1v) is 8.21. The number of hydrogen-bond donors (Lipinski definition) is 3. The predicted octanol–water partition coefficient (Wildman–Crippen LogP) is 1.08. The summed E-state index contributed by atoms with van der Waals surface area (Å²) in [5, 5.41) is 5.28. The van der Waals surface area contributed by atoms with Crippen LogP contribution in [0.3, 0.4) is 0 Å². The minimum Gasteiger partial charge on any atom is -0.463 e. The van der Waals surface area contributed by atoms with Crippen LogP contribution in [-0.2, 0) is 18.8 Å². The maximum atomic E-state index is 12.5. The highest BCUT2D eigenvalue weighted by molar-refractivity contribution is 6.06. The number of ether oxygens (including phenoxy) is 1. The zero-order valence-corrected chi connectivity index (χ0v) is 15.7. The van der Waals surface area contributed by atoms with Crippen molar-refractivity contribution >= 4 is 29.3 Å². The van der Waals surface area contributed by atoms with Crippen LogP contribution in [0.25, 0.3) is 0 Å². The molecule has 0 atom stereocenters. The van der Waals surface area contributed by atoms with E-state index in [0.717, 1.165) is 5.69 Å². The van der Waals surface area contributed by atoms with Gasteiger partial charge in [0.05, 0.1) is 12.8 Å². The van der Waals surface area contributed by atoms with Gasteiger partial charge in [0.2, 0.25) is 5.82 Å². The number of hydrogen-bond acceptors (Lipinski definition) is 6. The molecule has 0 aromatic carbocycles. The molecule has 11 heteroatoms. The van der Waals surface area contributed by atoms with Crippen LogP contribution in [0.15, 0.2) is 24.7 Å². The van der Waals surface area contributed by atoms with Gasteiger partial charge in [0.15, 0.2) is 11.6 Å². The lowest BCUT2D eigenvalue weighted by Crippen LogP contribution is -2.15. The number of nitrogens with zero attached hydrogens (tertiary/aromatic N) is 4. The van der Waals surface area contributed by atoms with Crippen molar-refractivity contribution in [1.29, 1.82) is 0 Å². The van der Waals surface area contributed by atoms with Crippen molar-refractivity contribution in [3.63, 3.8) is 0 Å². The van der Waals surface area contributed by atoms with E-state index in [4.69, 9.17) is 0 Å². The van der Waals surface area contributed by atoms with E-state index in [9.17, 15) is 14.4 Å². The van der Waals surface area contributed by atoms with Crippen molar-refractivity contribution in [3.8, 4) is 0 Å². The summed E-state index contributed by atoms with van der Waals surface area (Å²) in [7, 11) is 4.53. The molecule has 0 aliphatic carbocycles. The SMILES string of the molecule is COC(=O)c1nc(NC(=O)c2cc(NC(=O)c3ncc(C)[nH]3)cn2C)cn1C. The molecule has 3 rings (SSSR count). The van der Waals surface area contributed by atoms with Gasteiger partial charge in [-0.15, -0.1) is 0 Å². The maximum Gasteiger partial charge on any atom is 0.374 e. The first-order chi connectivity index (χ1) is 13.3. The van der Waals surface area contributed by atoms with Crippen molar-refractivity contribution in [2.24, 2.45) is 14.1 Å². The number of methoxy groups -OCH3 is 1. The van der Waals surface area contributed by atoms with E-state index >= 15 is 0 Å². The third-order valence-corrected chi connectivity index (χ3v) is 3.90. The first kappa shape index (κ1) is 18.9. The second kappa shape index (κ2) is 7.39. The van der Waals surface area contributed by atoms with Crippen LogP contribution in [0, 0.1) is 6.92 Å². The van der Waals surface area contributed by atoms with Crippen LogP contribution in [-0.4, -0.2) is 49.0 Å². The molecule has 0 fully saturated rings.